The van der Waals surface area contributed by atoms with Gasteiger partial charge in [0.2, 0.25) is 0 Å². The molecule has 0 aromatic heterocycles. The van der Waals surface area contributed by atoms with Crippen LogP contribution in [0.4, 0.5) is 10.1 Å². The lowest BCUT2D eigenvalue weighted by Gasteiger charge is -2.25. The smallest absolute Gasteiger partial charge is 0.123 e. The summed E-state index contributed by atoms with van der Waals surface area (Å²) in [6, 6.07) is 15.9. The van der Waals surface area contributed by atoms with Gasteiger partial charge in [0.25, 0.3) is 0 Å². The van der Waals surface area contributed by atoms with Crippen molar-refractivity contribution < 1.29 is 9.50 Å². The average molecular weight is 339 g/mol. The Morgan fingerprint density at radius 2 is 1.80 bits per heavy atom. The molecule has 0 amide bonds. The van der Waals surface area contributed by atoms with Gasteiger partial charge in [0.1, 0.15) is 11.9 Å². The fraction of sp³-hybridized carbons (Fsp3) is 0.350. The van der Waals surface area contributed by atoms with E-state index in [9.17, 15) is 14.8 Å². The van der Waals surface area contributed by atoms with E-state index in [-0.39, 0.29) is 5.82 Å². The number of para-hydroxylation sites is 1. The maximum Gasteiger partial charge on any atom is 0.123 e. The zero-order valence-corrected chi connectivity index (χ0v) is 14.1. The molecule has 1 aliphatic rings. The summed E-state index contributed by atoms with van der Waals surface area (Å²) in [6.45, 7) is 3.94. The SMILES string of the molecule is N#Cc1ccccc1N1CCCN(CC(O)c2ccc(F)cc2)CC1. The van der Waals surface area contributed by atoms with E-state index < -0.39 is 6.10 Å². The molecule has 0 saturated carbocycles. The molecular weight excluding hydrogens is 317 g/mol. The molecule has 1 N–H and O–H groups in total. The predicted octanol–water partition coefficient (Wildman–Crippen LogP) is 2.94. The first-order valence-electron chi connectivity index (χ1n) is 8.57. The van der Waals surface area contributed by atoms with E-state index in [1.165, 1.54) is 12.1 Å². The summed E-state index contributed by atoms with van der Waals surface area (Å²) >= 11 is 0. The van der Waals surface area contributed by atoms with E-state index in [0.29, 0.717) is 12.1 Å². The summed E-state index contributed by atoms with van der Waals surface area (Å²) in [4.78, 5) is 4.46. The van der Waals surface area contributed by atoms with Gasteiger partial charge >= 0.3 is 0 Å². The molecule has 25 heavy (non-hydrogen) atoms. The van der Waals surface area contributed by atoms with Crippen LogP contribution in [0.15, 0.2) is 48.5 Å². The number of β-amino-alcohol motifs (C(OH)–C–C–N with tert-alkyl or cyclic N) is 1. The van der Waals surface area contributed by atoms with E-state index in [2.05, 4.69) is 15.9 Å². The number of aliphatic hydroxyl groups is 1. The lowest BCUT2D eigenvalue weighted by molar-refractivity contribution is 0.117. The van der Waals surface area contributed by atoms with Crippen molar-refractivity contribution in [2.45, 2.75) is 12.5 Å². The number of benzene rings is 2. The van der Waals surface area contributed by atoms with Crippen molar-refractivity contribution in [1.29, 1.82) is 5.26 Å². The number of hydrogen-bond donors (Lipinski definition) is 1. The van der Waals surface area contributed by atoms with Crippen LogP contribution >= 0.6 is 0 Å². The predicted molar refractivity (Wildman–Crippen MR) is 95.8 cm³/mol. The Balaban J connectivity index is 1.62. The van der Waals surface area contributed by atoms with Crippen molar-refractivity contribution >= 4 is 5.69 Å². The highest BCUT2D eigenvalue weighted by Crippen LogP contribution is 2.22. The van der Waals surface area contributed by atoms with Gasteiger partial charge < -0.3 is 10.0 Å². The Morgan fingerprint density at radius 1 is 1.04 bits per heavy atom. The highest BCUT2D eigenvalue weighted by atomic mass is 19.1. The van der Waals surface area contributed by atoms with Crippen molar-refractivity contribution in [2.75, 3.05) is 37.6 Å². The molecule has 1 atom stereocenters. The number of aliphatic hydroxyl groups excluding tert-OH is 1. The molecule has 130 valence electrons. The van der Waals surface area contributed by atoms with Gasteiger partial charge in [-0.3, -0.25) is 4.90 Å². The Morgan fingerprint density at radius 3 is 2.56 bits per heavy atom. The Bertz CT molecular complexity index is 741. The van der Waals surface area contributed by atoms with Crippen LogP contribution in [0.5, 0.6) is 0 Å². The number of hydrogen-bond acceptors (Lipinski definition) is 4. The molecule has 0 bridgehead atoms. The second kappa shape index (κ2) is 8.11. The van der Waals surface area contributed by atoms with Crippen LogP contribution in [0.2, 0.25) is 0 Å². The van der Waals surface area contributed by atoms with Crippen LogP contribution in [0.25, 0.3) is 0 Å². The second-order valence-corrected chi connectivity index (χ2v) is 6.34. The summed E-state index contributed by atoms with van der Waals surface area (Å²) in [5, 5.41) is 19.7. The van der Waals surface area contributed by atoms with E-state index in [1.54, 1.807) is 12.1 Å². The molecule has 0 spiro atoms. The summed E-state index contributed by atoms with van der Waals surface area (Å²) in [7, 11) is 0. The number of halogens is 1. The standard InChI is InChI=1S/C20H22FN3O/c21-18-8-6-16(7-9-18)20(25)15-23-10-3-11-24(13-12-23)19-5-2-1-4-17(19)14-22/h1-2,4-9,20,25H,3,10-13,15H2. The molecular formula is C20H22FN3O. The lowest BCUT2D eigenvalue weighted by atomic mass is 10.1. The summed E-state index contributed by atoms with van der Waals surface area (Å²) in [6.07, 6.45) is 0.342. The fourth-order valence-corrected chi connectivity index (χ4v) is 3.27. The number of nitrogens with zero attached hydrogens (tertiary/aromatic N) is 3. The third-order valence-corrected chi connectivity index (χ3v) is 4.64. The molecule has 4 nitrogen and oxygen atoms in total. The molecule has 1 saturated heterocycles. The normalized spacial score (nSPS) is 16.9. The Hall–Kier alpha value is -2.42. The second-order valence-electron chi connectivity index (χ2n) is 6.34. The summed E-state index contributed by atoms with van der Waals surface area (Å²) < 4.78 is 13.0. The highest BCUT2D eigenvalue weighted by molar-refractivity contribution is 5.59. The van der Waals surface area contributed by atoms with Gasteiger partial charge in [-0.1, -0.05) is 24.3 Å². The minimum atomic E-state index is -0.626. The third-order valence-electron chi connectivity index (χ3n) is 4.64. The lowest BCUT2D eigenvalue weighted by Crippen LogP contribution is -2.33. The van der Waals surface area contributed by atoms with Gasteiger partial charge in [-0.05, 0) is 36.2 Å². The van der Waals surface area contributed by atoms with Crippen LogP contribution in [0, 0.1) is 17.1 Å². The van der Waals surface area contributed by atoms with Crippen LogP contribution in [-0.2, 0) is 0 Å². The maximum absolute atomic E-state index is 13.0. The topological polar surface area (TPSA) is 50.5 Å². The summed E-state index contributed by atoms with van der Waals surface area (Å²) in [5.41, 5.74) is 2.41. The van der Waals surface area contributed by atoms with Gasteiger partial charge in [0.15, 0.2) is 0 Å². The monoisotopic (exact) mass is 339 g/mol. The van der Waals surface area contributed by atoms with Crippen LogP contribution < -0.4 is 4.90 Å². The zero-order chi connectivity index (χ0) is 17.6. The first-order valence-corrected chi connectivity index (χ1v) is 8.57. The summed E-state index contributed by atoms with van der Waals surface area (Å²) in [5.74, 6) is -0.294. The molecule has 1 unspecified atom stereocenters. The van der Waals surface area contributed by atoms with Crippen molar-refractivity contribution in [2.24, 2.45) is 0 Å². The van der Waals surface area contributed by atoms with E-state index in [1.807, 2.05) is 24.3 Å². The number of nitriles is 1. The highest BCUT2D eigenvalue weighted by Gasteiger charge is 2.19. The molecule has 5 heteroatoms. The quantitative estimate of drug-likeness (QED) is 0.930. The average Bonchev–Trinajstić information content (AvgIpc) is 2.87. The molecule has 2 aromatic rings. The first-order chi connectivity index (χ1) is 12.2. The van der Waals surface area contributed by atoms with E-state index in [0.717, 1.165) is 43.9 Å². The molecule has 0 aliphatic carbocycles. The maximum atomic E-state index is 13.0. The van der Waals surface area contributed by atoms with Gasteiger partial charge in [-0.2, -0.15) is 5.26 Å². The largest absolute Gasteiger partial charge is 0.387 e. The minimum absolute atomic E-state index is 0.294. The Kier molecular flexibility index (Phi) is 5.64. The molecule has 2 aromatic carbocycles. The van der Waals surface area contributed by atoms with Crippen molar-refractivity contribution in [3.8, 4) is 6.07 Å². The van der Waals surface area contributed by atoms with Crippen molar-refractivity contribution in [3.63, 3.8) is 0 Å². The van der Waals surface area contributed by atoms with Gasteiger partial charge in [0, 0.05) is 32.7 Å². The first kappa shape index (κ1) is 17.4. The van der Waals surface area contributed by atoms with Crippen LogP contribution in [-0.4, -0.2) is 42.7 Å². The number of rotatable bonds is 4. The van der Waals surface area contributed by atoms with E-state index in [4.69, 9.17) is 0 Å². The van der Waals surface area contributed by atoms with Crippen molar-refractivity contribution in [3.05, 3.63) is 65.5 Å². The zero-order valence-electron chi connectivity index (χ0n) is 14.1. The van der Waals surface area contributed by atoms with Gasteiger partial charge in [-0.15, -0.1) is 0 Å². The number of anilines is 1. The van der Waals surface area contributed by atoms with Crippen LogP contribution in [0.3, 0.4) is 0 Å². The molecule has 1 fully saturated rings. The van der Waals surface area contributed by atoms with Gasteiger partial charge in [0.05, 0.1) is 17.4 Å². The van der Waals surface area contributed by atoms with Crippen LogP contribution in [0.1, 0.15) is 23.7 Å². The van der Waals surface area contributed by atoms with Gasteiger partial charge in [-0.25, -0.2) is 4.39 Å². The molecule has 0 radical (unpaired) electrons. The fourth-order valence-electron chi connectivity index (χ4n) is 3.27. The third kappa shape index (κ3) is 4.36. The molecule has 1 aliphatic heterocycles. The Labute approximate surface area is 147 Å². The molecule has 1 heterocycles. The van der Waals surface area contributed by atoms with E-state index >= 15 is 0 Å². The van der Waals surface area contributed by atoms with Crippen molar-refractivity contribution in [1.82, 2.24) is 4.90 Å². The minimum Gasteiger partial charge on any atom is -0.387 e. The molecule has 3 rings (SSSR count).